The van der Waals surface area contributed by atoms with Gasteiger partial charge in [-0.05, 0) is 124 Å². The maximum absolute atomic E-state index is 14.6. The van der Waals surface area contributed by atoms with Crippen LogP contribution in [0.2, 0.25) is 0 Å². The van der Waals surface area contributed by atoms with Gasteiger partial charge in [0.1, 0.15) is 37.1 Å². The quantitative estimate of drug-likeness (QED) is 0.00757. The molecule has 2 heterocycles. The van der Waals surface area contributed by atoms with E-state index in [1.807, 2.05) is 0 Å². The van der Waals surface area contributed by atoms with Crippen molar-refractivity contribution in [3.05, 3.63) is 215 Å². The molecule has 6 aromatic carbocycles. The first-order chi connectivity index (χ1) is 71.1. The lowest BCUT2D eigenvalue weighted by Crippen LogP contribution is -2.69. The number of carbonyl (C=O) groups excluding carboxylic acids is 18. The van der Waals surface area contributed by atoms with Gasteiger partial charge in [-0.3, -0.25) is 57.5 Å². The van der Waals surface area contributed by atoms with Crippen LogP contribution in [0.1, 0.15) is 237 Å². The van der Waals surface area contributed by atoms with Crippen molar-refractivity contribution in [2.45, 2.75) is 228 Å². The molecule has 0 radical (unpaired) electrons. The molecular formula is C107H137N11O29. The first-order valence-electron chi connectivity index (χ1n) is 50.0. The van der Waals surface area contributed by atoms with Crippen LogP contribution in [-0.2, 0) is 105 Å². The number of nitrogens with zero attached hydrogens (tertiary/aromatic N) is 2. The van der Waals surface area contributed by atoms with E-state index < -0.39 is 162 Å². The summed E-state index contributed by atoms with van der Waals surface area (Å²) in [5, 5.41) is 34.3. The molecule has 2 fully saturated rings. The van der Waals surface area contributed by atoms with Crippen molar-refractivity contribution in [1.29, 1.82) is 0 Å². The Hall–Kier alpha value is -14.7. The standard InChI is InChI=1S/C107H137N11O29/c1-75(120)114-83-68-117(85(70-142-101(133)77-36-15-9-16-37-77)99(146-105(137)81-44-23-13-24-45-81)97(83)144-103(135)79-40-19-11-20-41-79)94(129)52-31-50-88(123)109-59-34-62-112-91(126)56-66-140-73-107(116-93(128)49-27-7-5-3-4-6-8-28-54-96(131)132,72-139-65-55-90(125)111-61-33-58-108-87(122)48-29-30-64-119)74-141-67-57-92(127)113-63-35-60-110-89(124)51-32-53-95(130)118-69-84(115-76(2)121)98(145-104(136)80-42-21-12-22-43-80)100(147-106(138)82-46-25-14-26-47-82)86(118)71-143-102(134)78-38-17-10-18-39-78/h9-26,36-47,64,83-86,97-100H,3-8,27-35,48-63,65-74H2,1-2H3,(H,108,122)(H,109,123)(H,110,124)(H,111,125)(H,112,126)(H,113,127)(H,114,120)(H,115,121)(H,116,128)(H,131,132)/t83-,84-,85+,86+,97+,98+,99-,100-/m0/s1. The van der Waals surface area contributed by atoms with Gasteiger partial charge in [-0.1, -0.05) is 148 Å². The first kappa shape index (κ1) is 118. The molecule has 0 saturated carbocycles. The van der Waals surface area contributed by atoms with Crippen molar-refractivity contribution in [2.24, 2.45) is 0 Å². The van der Waals surface area contributed by atoms with E-state index >= 15 is 0 Å². The predicted molar refractivity (Wildman–Crippen MR) is 533 cm³/mol. The number of rotatable bonds is 67. The van der Waals surface area contributed by atoms with Gasteiger partial charge in [0.2, 0.25) is 65.0 Å². The van der Waals surface area contributed by atoms with Gasteiger partial charge >= 0.3 is 41.8 Å². The zero-order chi connectivity index (χ0) is 106. The van der Waals surface area contributed by atoms with Gasteiger partial charge in [0.05, 0.1) is 85.1 Å². The Morgan fingerprint density at radius 1 is 0.313 bits per heavy atom. The third kappa shape index (κ3) is 44.4. The van der Waals surface area contributed by atoms with E-state index in [-0.39, 0.29) is 234 Å². The van der Waals surface area contributed by atoms with Crippen LogP contribution >= 0.6 is 0 Å². The first-order valence-corrected chi connectivity index (χ1v) is 50.0. The molecule has 0 spiro atoms. The van der Waals surface area contributed by atoms with Crippen molar-refractivity contribution >= 4 is 113 Å². The van der Waals surface area contributed by atoms with Gasteiger partial charge in [-0.25, -0.2) is 28.8 Å². The monoisotopic (exact) mass is 2040 g/mol. The molecule has 0 aliphatic carbocycles. The lowest BCUT2D eigenvalue weighted by molar-refractivity contribution is -0.155. The van der Waals surface area contributed by atoms with Gasteiger partial charge in [0, 0.05) is 137 Å². The Labute approximate surface area is 854 Å². The lowest BCUT2D eigenvalue weighted by atomic mass is 9.90. The number of amides is 11. The fraction of sp³-hybridized carbons (Fsp3) is 0.486. The Morgan fingerprint density at radius 2 is 0.578 bits per heavy atom. The normalized spacial score (nSPS) is 16.5. The van der Waals surface area contributed by atoms with Gasteiger partial charge in [0.15, 0.2) is 24.4 Å². The van der Waals surface area contributed by atoms with E-state index in [2.05, 4.69) is 47.9 Å². The molecule has 11 amide bonds. The third-order valence-electron chi connectivity index (χ3n) is 23.8. The molecule has 40 heteroatoms. The van der Waals surface area contributed by atoms with Crippen LogP contribution in [0, 0.1) is 0 Å². The molecule has 2 aliphatic rings. The van der Waals surface area contributed by atoms with E-state index in [1.165, 1.54) is 96.4 Å². The average molecular weight is 2040 g/mol. The number of likely N-dealkylation sites (tertiary alicyclic amines) is 2. The molecule has 0 bridgehead atoms. The molecule has 0 unspecified atom stereocenters. The fourth-order valence-corrected chi connectivity index (χ4v) is 16.3. The number of benzene rings is 6. The molecule has 147 heavy (non-hydrogen) atoms. The number of piperidine rings is 2. The van der Waals surface area contributed by atoms with E-state index in [1.54, 1.807) is 109 Å². The van der Waals surface area contributed by atoms with Crippen molar-refractivity contribution < 1.29 is 139 Å². The smallest absolute Gasteiger partial charge is 0.338 e. The van der Waals surface area contributed by atoms with Crippen molar-refractivity contribution in [3.8, 4) is 0 Å². The Bertz CT molecular complexity index is 4940. The van der Waals surface area contributed by atoms with Crippen LogP contribution in [-0.4, -0.2) is 287 Å². The van der Waals surface area contributed by atoms with Crippen LogP contribution in [0.4, 0.5) is 0 Å². The molecule has 8 atom stereocenters. The highest BCUT2D eigenvalue weighted by Crippen LogP contribution is 2.32. The second kappa shape index (κ2) is 66.4. The Morgan fingerprint density at radius 3 is 0.871 bits per heavy atom. The summed E-state index contributed by atoms with van der Waals surface area (Å²) in [5.74, 6) is -10.9. The maximum Gasteiger partial charge on any atom is 0.338 e. The predicted octanol–water partition coefficient (Wildman–Crippen LogP) is 7.67. The maximum atomic E-state index is 14.6. The number of hydrogen-bond donors (Lipinski definition) is 10. The minimum atomic E-state index is -1.55. The van der Waals surface area contributed by atoms with E-state index in [4.69, 9.17) is 47.7 Å². The molecule has 6 aromatic rings. The zero-order valence-corrected chi connectivity index (χ0v) is 83.3. The number of nitrogens with one attached hydrogen (secondary N) is 9. The Balaban J connectivity index is 0.853. The number of aldehydes is 1. The molecule has 40 nitrogen and oxygen atoms in total. The number of esters is 6. The SMILES string of the molecule is CC(=O)N[C@H]1CN(C(=O)CCCC(=O)NCCCNC(=O)CCOCC(COCCC(=O)NCCCNC(=O)CCCC=O)(COCCC(=O)NCCCNC(=O)CCCC(=O)N2C[C@H](NC(C)=O)[C@@H](OC(=O)c3ccccc3)[C@@H](OC(=O)c3ccccc3)[C@H]2COC(=O)c2ccccc2)NC(=O)CCCCCCCCCCC(=O)O)[C@H](COC(=O)c2ccccc2)[C@H](OC(=O)c2ccccc2)[C@@H]1OC(=O)c1ccccc1. The van der Waals surface area contributed by atoms with Crippen LogP contribution in [0.25, 0.3) is 0 Å². The summed E-state index contributed by atoms with van der Waals surface area (Å²) in [6.45, 7) is 0.132. The molecular weight excluding hydrogens is 1900 g/mol. The summed E-state index contributed by atoms with van der Waals surface area (Å²) < 4.78 is 54.6. The summed E-state index contributed by atoms with van der Waals surface area (Å²) in [5.41, 5.74) is -0.695. The topological polar surface area (TPSA) is 542 Å². The van der Waals surface area contributed by atoms with Gasteiger partial charge in [-0.2, -0.15) is 0 Å². The van der Waals surface area contributed by atoms with Crippen LogP contribution in [0.15, 0.2) is 182 Å². The van der Waals surface area contributed by atoms with E-state index in [9.17, 15) is 91.1 Å². The van der Waals surface area contributed by atoms with Gasteiger partial charge in [-0.15, -0.1) is 0 Å². The fourth-order valence-electron chi connectivity index (χ4n) is 16.3. The molecule has 2 aliphatic heterocycles. The molecule has 0 aromatic heterocycles. The Kier molecular flexibility index (Phi) is 53.1. The lowest BCUT2D eigenvalue weighted by Gasteiger charge is -2.47. The summed E-state index contributed by atoms with van der Waals surface area (Å²) >= 11 is 0. The summed E-state index contributed by atoms with van der Waals surface area (Å²) in [7, 11) is 0. The van der Waals surface area contributed by atoms with Gasteiger partial charge in [0.25, 0.3) is 0 Å². The highest BCUT2D eigenvalue weighted by molar-refractivity contribution is 5.94. The third-order valence-corrected chi connectivity index (χ3v) is 23.8. The summed E-state index contributed by atoms with van der Waals surface area (Å²) in [6, 6.07) is 42.6. The summed E-state index contributed by atoms with van der Waals surface area (Å²) in [6.07, 6.45) is 1.33. The number of hydrogen-bond acceptors (Lipinski definition) is 28. The van der Waals surface area contributed by atoms with Crippen molar-refractivity contribution in [2.75, 3.05) is 105 Å². The number of ether oxygens (including phenoxy) is 9. The number of unbranched alkanes of at least 4 members (excludes halogenated alkanes) is 8. The summed E-state index contributed by atoms with van der Waals surface area (Å²) in [4.78, 5) is 255. The van der Waals surface area contributed by atoms with Crippen LogP contribution in [0.3, 0.4) is 0 Å². The largest absolute Gasteiger partial charge is 0.481 e. The van der Waals surface area contributed by atoms with E-state index in [0.717, 1.165) is 38.4 Å². The molecule has 2 saturated heterocycles. The second-order valence-corrected chi connectivity index (χ2v) is 35.6. The number of aliphatic carboxylic acids is 1. The highest BCUT2D eigenvalue weighted by atomic mass is 16.6. The minimum absolute atomic E-state index is 0.00993. The number of carboxylic acids is 1. The minimum Gasteiger partial charge on any atom is -0.481 e. The number of carboxylic acid groups (broad SMARTS) is 1. The van der Waals surface area contributed by atoms with Crippen LogP contribution in [0.5, 0.6) is 0 Å². The van der Waals surface area contributed by atoms with Crippen molar-refractivity contribution in [1.82, 2.24) is 57.7 Å². The average Bonchev–Trinajstić information content (AvgIpc) is 0.773. The highest BCUT2D eigenvalue weighted by Gasteiger charge is 2.53. The van der Waals surface area contributed by atoms with Crippen molar-refractivity contribution in [3.63, 3.8) is 0 Å². The van der Waals surface area contributed by atoms with Gasteiger partial charge < -0.3 is 110 Å². The number of carbonyl (C=O) groups is 19. The molecule has 794 valence electrons. The van der Waals surface area contributed by atoms with Crippen LogP contribution < -0.4 is 47.9 Å². The second-order valence-electron chi connectivity index (χ2n) is 35.6. The zero-order valence-electron chi connectivity index (χ0n) is 83.3. The molecule has 8 rings (SSSR count). The van der Waals surface area contributed by atoms with E-state index in [0.29, 0.717) is 32.1 Å². The molecule has 10 N–H and O–H groups in total.